The summed E-state index contributed by atoms with van der Waals surface area (Å²) in [6, 6.07) is 20.3. The number of hydrogen-bond acceptors (Lipinski definition) is 3. The Labute approximate surface area is 230 Å². The number of piperidine rings is 1. The monoisotopic (exact) mass is 597 g/mol. The highest BCUT2D eigenvalue weighted by Gasteiger charge is 2.60. The third kappa shape index (κ3) is 4.34. The van der Waals surface area contributed by atoms with Gasteiger partial charge < -0.3 is 10.1 Å². The number of nitrogens with one attached hydrogen (secondary N) is 1. The number of alkyl halides is 1. The lowest BCUT2D eigenvalue weighted by molar-refractivity contribution is -0.174. The SMILES string of the molecule is Cc1ccc(C2(CI)CC2C2C[C@H]3C(CN2)C[C@@H]3OC(=O)C2(c3ccccc3)CCCCCC2)cc1. The second-order valence-electron chi connectivity index (χ2n) is 12.2. The topological polar surface area (TPSA) is 38.3 Å². The van der Waals surface area contributed by atoms with Crippen molar-refractivity contribution in [2.75, 3.05) is 11.0 Å². The molecule has 6 rings (SSSR count). The minimum absolute atomic E-state index is 0.0572. The van der Waals surface area contributed by atoms with Crippen molar-refractivity contribution in [2.45, 2.75) is 87.7 Å². The van der Waals surface area contributed by atoms with Gasteiger partial charge in [-0.1, -0.05) is 108 Å². The third-order valence-corrected chi connectivity index (χ3v) is 11.6. The summed E-state index contributed by atoms with van der Waals surface area (Å²) in [6.07, 6.45) is 10.1. The molecule has 4 aliphatic rings. The maximum Gasteiger partial charge on any atom is 0.316 e. The van der Waals surface area contributed by atoms with E-state index in [2.05, 4.69) is 89.4 Å². The van der Waals surface area contributed by atoms with E-state index in [1.54, 1.807) is 0 Å². The van der Waals surface area contributed by atoms with Crippen LogP contribution in [0, 0.1) is 24.7 Å². The molecule has 1 heterocycles. The summed E-state index contributed by atoms with van der Waals surface area (Å²) < 4.78 is 7.63. The van der Waals surface area contributed by atoms with E-state index in [4.69, 9.17) is 4.74 Å². The van der Waals surface area contributed by atoms with Gasteiger partial charge in [-0.25, -0.2) is 0 Å². The van der Waals surface area contributed by atoms with Crippen LogP contribution in [-0.2, 0) is 20.4 Å². The summed E-state index contributed by atoms with van der Waals surface area (Å²) in [4.78, 5) is 13.9. The van der Waals surface area contributed by atoms with Gasteiger partial charge in [0.05, 0.1) is 5.41 Å². The Kier molecular flexibility index (Phi) is 6.96. The fourth-order valence-electron chi connectivity index (χ4n) is 7.72. The molecule has 0 bridgehead atoms. The molecule has 6 atom stereocenters. The quantitative estimate of drug-likeness (QED) is 0.171. The van der Waals surface area contributed by atoms with E-state index in [-0.39, 0.29) is 12.1 Å². The second kappa shape index (κ2) is 10.1. The number of halogens is 1. The van der Waals surface area contributed by atoms with E-state index in [0.29, 0.717) is 29.2 Å². The van der Waals surface area contributed by atoms with Gasteiger partial charge in [0.2, 0.25) is 0 Å². The Morgan fingerprint density at radius 1 is 0.972 bits per heavy atom. The molecule has 0 spiro atoms. The molecule has 4 fully saturated rings. The van der Waals surface area contributed by atoms with Crippen LogP contribution in [0.25, 0.3) is 0 Å². The van der Waals surface area contributed by atoms with Crippen molar-refractivity contribution in [1.82, 2.24) is 5.32 Å². The molecule has 0 aromatic heterocycles. The average Bonchev–Trinajstić information content (AvgIpc) is 3.69. The van der Waals surface area contributed by atoms with Gasteiger partial charge in [-0.15, -0.1) is 0 Å². The van der Waals surface area contributed by atoms with Gasteiger partial charge in [0, 0.05) is 21.8 Å². The van der Waals surface area contributed by atoms with Gasteiger partial charge in [-0.2, -0.15) is 0 Å². The highest BCUT2D eigenvalue weighted by Crippen LogP contribution is 2.59. The largest absolute Gasteiger partial charge is 0.461 e. The van der Waals surface area contributed by atoms with E-state index >= 15 is 0 Å². The first-order valence-corrected chi connectivity index (χ1v) is 15.7. The lowest BCUT2D eigenvalue weighted by Gasteiger charge is -2.50. The van der Waals surface area contributed by atoms with Crippen molar-refractivity contribution in [2.24, 2.45) is 17.8 Å². The number of aryl methyl sites for hydroxylation is 1. The molecular formula is C32H40INO2. The summed E-state index contributed by atoms with van der Waals surface area (Å²) >= 11 is 2.60. The maximum atomic E-state index is 13.9. The number of rotatable bonds is 6. The summed E-state index contributed by atoms with van der Waals surface area (Å²) in [5.74, 6) is 1.92. The number of ether oxygens (including phenoxy) is 1. The molecule has 3 aliphatic carbocycles. The predicted octanol–water partition coefficient (Wildman–Crippen LogP) is 6.89. The summed E-state index contributed by atoms with van der Waals surface area (Å²) in [7, 11) is 0. The second-order valence-corrected chi connectivity index (χ2v) is 12.9. The first kappa shape index (κ1) is 24.9. The zero-order chi connectivity index (χ0) is 24.8. The number of carbonyl (C=O) groups excluding carboxylic acids is 1. The van der Waals surface area contributed by atoms with Gasteiger partial charge in [0.25, 0.3) is 0 Å². The molecule has 0 amide bonds. The van der Waals surface area contributed by atoms with Crippen LogP contribution in [0.3, 0.4) is 0 Å². The number of carbonyl (C=O) groups is 1. The fraction of sp³-hybridized carbons (Fsp3) is 0.594. The van der Waals surface area contributed by atoms with Crippen LogP contribution in [0.5, 0.6) is 0 Å². The number of hydrogen-bond donors (Lipinski definition) is 1. The molecule has 2 aromatic rings. The summed E-state index contributed by atoms with van der Waals surface area (Å²) in [5, 5.41) is 3.92. The maximum absolute atomic E-state index is 13.9. The summed E-state index contributed by atoms with van der Waals surface area (Å²) in [6.45, 7) is 3.25. The zero-order valence-corrected chi connectivity index (χ0v) is 23.7. The van der Waals surface area contributed by atoms with Crippen LogP contribution < -0.4 is 5.32 Å². The molecule has 3 saturated carbocycles. The van der Waals surface area contributed by atoms with E-state index in [1.807, 2.05) is 0 Å². The molecule has 0 radical (unpaired) electrons. The molecule has 1 N–H and O–H groups in total. The first-order chi connectivity index (χ1) is 17.6. The Morgan fingerprint density at radius 2 is 1.69 bits per heavy atom. The van der Waals surface area contributed by atoms with Crippen LogP contribution in [0.1, 0.15) is 74.5 Å². The standard InChI is InChI=1S/C32H40INO2/c1-22-11-13-25(14-12-22)32(21-33)19-27(32)28-18-26-23(20-34-28)17-29(26)36-30(35)31(15-7-2-3-8-16-31)24-9-5-4-6-10-24/h4-6,9-14,23,26-29,34H,2-3,7-8,15-21H2,1H3/t23?,26-,27?,28?,29-,32?/m0/s1. The van der Waals surface area contributed by atoms with Crippen LogP contribution in [-0.4, -0.2) is 29.1 Å². The van der Waals surface area contributed by atoms with E-state index in [0.717, 1.165) is 45.1 Å². The third-order valence-electron chi connectivity index (χ3n) is 10.2. The normalized spacial score (nSPS) is 35.1. The van der Waals surface area contributed by atoms with Gasteiger partial charge in [-0.05, 0) is 68.5 Å². The van der Waals surface area contributed by atoms with Crippen molar-refractivity contribution in [3.63, 3.8) is 0 Å². The van der Waals surface area contributed by atoms with E-state index in [1.165, 1.54) is 40.4 Å². The van der Waals surface area contributed by atoms with Gasteiger partial charge in [0.1, 0.15) is 6.10 Å². The minimum atomic E-state index is -0.451. The molecule has 3 nitrogen and oxygen atoms in total. The number of fused-ring (bicyclic) bond motifs is 1. The van der Waals surface area contributed by atoms with Crippen LogP contribution in [0.2, 0.25) is 0 Å². The van der Waals surface area contributed by atoms with Gasteiger partial charge >= 0.3 is 5.97 Å². The Balaban J connectivity index is 1.15. The van der Waals surface area contributed by atoms with Crippen LogP contribution in [0.15, 0.2) is 54.6 Å². The molecule has 4 heteroatoms. The average molecular weight is 598 g/mol. The fourth-order valence-corrected chi connectivity index (χ4v) is 9.03. The van der Waals surface area contributed by atoms with Crippen LogP contribution in [0.4, 0.5) is 0 Å². The van der Waals surface area contributed by atoms with Crippen molar-refractivity contribution in [3.8, 4) is 0 Å². The number of esters is 1. The van der Waals surface area contributed by atoms with Crippen molar-refractivity contribution in [3.05, 3.63) is 71.3 Å². The van der Waals surface area contributed by atoms with Gasteiger partial charge in [0.15, 0.2) is 0 Å². The molecule has 36 heavy (non-hydrogen) atoms. The minimum Gasteiger partial charge on any atom is -0.461 e. The molecule has 1 saturated heterocycles. The summed E-state index contributed by atoms with van der Waals surface area (Å²) in [5.41, 5.74) is 3.86. The molecule has 4 unspecified atom stereocenters. The Hall–Kier alpha value is -1.40. The lowest BCUT2D eigenvalue weighted by atomic mass is 9.64. The molecular weight excluding hydrogens is 557 g/mol. The Morgan fingerprint density at radius 3 is 2.39 bits per heavy atom. The molecule has 1 aliphatic heterocycles. The van der Waals surface area contributed by atoms with Gasteiger partial charge in [-0.3, -0.25) is 4.79 Å². The number of benzene rings is 2. The molecule has 2 aromatic carbocycles. The first-order valence-electron chi connectivity index (χ1n) is 14.2. The Bertz CT molecular complexity index is 1060. The lowest BCUT2D eigenvalue weighted by Crippen LogP contribution is -2.58. The highest BCUT2D eigenvalue weighted by molar-refractivity contribution is 14.1. The smallest absolute Gasteiger partial charge is 0.316 e. The van der Waals surface area contributed by atoms with Crippen molar-refractivity contribution in [1.29, 1.82) is 0 Å². The zero-order valence-electron chi connectivity index (χ0n) is 21.6. The predicted molar refractivity (Wildman–Crippen MR) is 154 cm³/mol. The van der Waals surface area contributed by atoms with Crippen molar-refractivity contribution >= 4 is 28.6 Å². The van der Waals surface area contributed by atoms with Crippen LogP contribution >= 0.6 is 22.6 Å². The van der Waals surface area contributed by atoms with E-state index < -0.39 is 5.41 Å². The molecule has 192 valence electrons. The van der Waals surface area contributed by atoms with Crippen molar-refractivity contribution < 1.29 is 9.53 Å². The highest BCUT2D eigenvalue weighted by atomic mass is 127. The van der Waals surface area contributed by atoms with E-state index in [9.17, 15) is 4.79 Å².